The largest absolute Gasteiger partial charge is 0.508 e. The van der Waals surface area contributed by atoms with E-state index in [9.17, 15) is 14.7 Å². The number of hydrogen-bond donors (Lipinski definition) is 2. The van der Waals surface area contributed by atoms with Crippen LogP contribution in [0.2, 0.25) is 0 Å². The number of aromatic hydroxyl groups is 1. The summed E-state index contributed by atoms with van der Waals surface area (Å²) in [6, 6.07) is 13.4. The molecule has 1 aromatic heterocycles. The van der Waals surface area contributed by atoms with E-state index in [4.69, 9.17) is 0 Å². The standard InChI is InChI=1S/C24H23N3O3/c1-13(2)26-11-17-21(15-6-4-7-16(29)10-15)23-19(12-27(14(3)28)24(23)30)25-18-8-5-9-20(26)22(17)18/h4-11,13,21,25,29H,12H2,1-3H3. The molecule has 2 aliphatic rings. The molecular weight excluding hydrogens is 378 g/mol. The second-order valence-corrected chi connectivity index (χ2v) is 8.24. The third kappa shape index (κ3) is 2.56. The first-order chi connectivity index (χ1) is 14.4. The van der Waals surface area contributed by atoms with Crippen molar-refractivity contribution in [1.82, 2.24) is 9.47 Å². The lowest BCUT2D eigenvalue weighted by atomic mass is 9.84. The van der Waals surface area contributed by atoms with Crippen molar-refractivity contribution in [3.63, 3.8) is 0 Å². The number of anilines is 1. The number of carbonyl (C=O) groups is 2. The Morgan fingerprint density at radius 1 is 1.20 bits per heavy atom. The first-order valence-electron chi connectivity index (χ1n) is 10.1. The molecule has 3 aromatic rings. The zero-order valence-electron chi connectivity index (χ0n) is 17.1. The van der Waals surface area contributed by atoms with E-state index < -0.39 is 0 Å². The Balaban J connectivity index is 1.83. The highest BCUT2D eigenvalue weighted by atomic mass is 16.3. The number of nitrogens with zero attached hydrogens (tertiary/aromatic N) is 2. The third-order valence-corrected chi connectivity index (χ3v) is 6.03. The Hall–Kier alpha value is -3.54. The van der Waals surface area contributed by atoms with Crippen molar-refractivity contribution in [1.29, 1.82) is 0 Å². The van der Waals surface area contributed by atoms with Crippen molar-refractivity contribution >= 4 is 28.4 Å². The average Bonchev–Trinajstić information content (AvgIpc) is 3.18. The number of aromatic nitrogens is 1. The van der Waals surface area contributed by atoms with Crippen molar-refractivity contribution in [3.05, 3.63) is 71.1 Å². The van der Waals surface area contributed by atoms with Crippen LogP contribution in [0.3, 0.4) is 0 Å². The maximum absolute atomic E-state index is 13.4. The average molecular weight is 401 g/mol. The van der Waals surface area contributed by atoms with Gasteiger partial charge in [0.25, 0.3) is 5.91 Å². The van der Waals surface area contributed by atoms with E-state index in [0.717, 1.165) is 33.4 Å². The molecule has 2 aromatic carbocycles. The number of carbonyl (C=O) groups excluding carboxylic acids is 2. The summed E-state index contributed by atoms with van der Waals surface area (Å²) in [5.41, 5.74) is 5.14. The van der Waals surface area contributed by atoms with Crippen LogP contribution in [0, 0.1) is 0 Å². The minimum atomic E-state index is -0.386. The smallest absolute Gasteiger partial charge is 0.259 e. The van der Waals surface area contributed by atoms with Gasteiger partial charge in [0.1, 0.15) is 5.75 Å². The fourth-order valence-electron chi connectivity index (χ4n) is 4.71. The van der Waals surface area contributed by atoms with Crippen LogP contribution in [0.5, 0.6) is 5.75 Å². The van der Waals surface area contributed by atoms with Gasteiger partial charge in [0, 0.05) is 41.9 Å². The normalized spacial score (nSPS) is 18.1. The molecule has 0 saturated heterocycles. The lowest BCUT2D eigenvalue weighted by Crippen LogP contribution is -2.33. The van der Waals surface area contributed by atoms with E-state index >= 15 is 0 Å². The lowest BCUT2D eigenvalue weighted by Gasteiger charge is -2.19. The lowest BCUT2D eigenvalue weighted by molar-refractivity contribution is -0.139. The highest BCUT2D eigenvalue weighted by Crippen LogP contribution is 2.47. The van der Waals surface area contributed by atoms with Gasteiger partial charge in [-0.3, -0.25) is 14.5 Å². The number of rotatable bonds is 2. The van der Waals surface area contributed by atoms with Crippen LogP contribution in [-0.4, -0.2) is 32.9 Å². The van der Waals surface area contributed by atoms with Crippen molar-refractivity contribution in [2.24, 2.45) is 0 Å². The number of hydrogen-bond acceptors (Lipinski definition) is 4. The van der Waals surface area contributed by atoms with E-state index in [1.807, 2.05) is 18.2 Å². The Morgan fingerprint density at radius 2 is 1.97 bits per heavy atom. The first-order valence-corrected chi connectivity index (χ1v) is 10.1. The summed E-state index contributed by atoms with van der Waals surface area (Å²) in [4.78, 5) is 26.7. The number of nitrogens with one attached hydrogen (secondary N) is 1. The van der Waals surface area contributed by atoms with E-state index in [0.29, 0.717) is 5.57 Å². The van der Waals surface area contributed by atoms with Crippen LogP contribution in [0.25, 0.3) is 10.9 Å². The van der Waals surface area contributed by atoms with Crippen molar-refractivity contribution < 1.29 is 14.7 Å². The molecule has 6 heteroatoms. The second-order valence-electron chi connectivity index (χ2n) is 8.24. The van der Waals surface area contributed by atoms with Gasteiger partial charge in [-0.1, -0.05) is 18.2 Å². The number of imide groups is 1. The highest BCUT2D eigenvalue weighted by molar-refractivity contribution is 6.11. The Bertz CT molecular complexity index is 1250. The monoisotopic (exact) mass is 401 g/mol. The van der Waals surface area contributed by atoms with E-state index in [1.54, 1.807) is 18.2 Å². The van der Waals surface area contributed by atoms with Crippen LogP contribution in [0.1, 0.15) is 43.9 Å². The number of amides is 2. The zero-order valence-corrected chi connectivity index (χ0v) is 17.1. The van der Waals surface area contributed by atoms with Gasteiger partial charge in [0.15, 0.2) is 0 Å². The Kier molecular flexibility index (Phi) is 4.00. The summed E-state index contributed by atoms with van der Waals surface area (Å²) in [5.74, 6) is -0.796. The van der Waals surface area contributed by atoms with Gasteiger partial charge >= 0.3 is 0 Å². The minimum absolute atomic E-state index is 0.147. The molecule has 1 atom stereocenters. The molecule has 1 unspecified atom stereocenters. The molecule has 0 fully saturated rings. The quantitative estimate of drug-likeness (QED) is 0.677. The molecule has 0 aliphatic carbocycles. The Morgan fingerprint density at radius 3 is 2.67 bits per heavy atom. The summed E-state index contributed by atoms with van der Waals surface area (Å²) < 4.78 is 2.21. The van der Waals surface area contributed by atoms with E-state index in [-0.39, 0.29) is 36.1 Å². The number of benzene rings is 2. The van der Waals surface area contributed by atoms with Gasteiger partial charge in [-0.25, -0.2) is 0 Å². The summed E-state index contributed by atoms with van der Waals surface area (Å²) in [6.45, 7) is 5.89. The highest BCUT2D eigenvalue weighted by Gasteiger charge is 2.41. The second kappa shape index (κ2) is 6.49. The summed E-state index contributed by atoms with van der Waals surface area (Å²) in [6.07, 6.45) is 2.11. The topological polar surface area (TPSA) is 74.6 Å². The molecule has 5 rings (SSSR count). The van der Waals surface area contributed by atoms with E-state index in [2.05, 4.69) is 36.0 Å². The van der Waals surface area contributed by atoms with Crippen LogP contribution in [-0.2, 0) is 9.59 Å². The molecular formula is C24H23N3O3. The third-order valence-electron chi connectivity index (χ3n) is 6.03. The maximum atomic E-state index is 13.4. The van der Waals surface area contributed by atoms with Gasteiger partial charge in [-0.15, -0.1) is 0 Å². The molecule has 3 heterocycles. The van der Waals surface area contributed by atoms with E-state index in [1.165, 1.54) is 11.8 Å². The summed E-state index contributed by atoms with van der Waals surface area (Å²) in [7, 11) is 0. The predicted octanol–water partition coefficient (Wildman–Crippen LogP) is 4.13. The molecule has 0 saturated carbocycles. The maximum Gasteiger partial charge on any atom is 0.259 e. The van der Waals surface area contributed by atoms with Gasteiger partial charge < -0.3 is 15.0 Å². The molecule has 0 radical (unpaired) electrons. The number of phenols is 1. The van der Waals surface area contributed by atoms with Gasteiger partial charge in [0.2, 0.25) is 5.91 Å². The van der Waals surface area contributed by atoms with Crippen LogP contribution in [0.4, 0.5) is 5.69 Å². The predicted molar refractivity (Wildman–Crippen MR) is 115 cm³/mol. The van der Waals surface area contributed by atoms with Crippen LogP contribution in [0.15, 0.2) is 59.9 Å². The first kappa shape index (κ1) is 18.5. The number of phenolic OH excluding ortho intramolecular Hbond substituents is 1. The molecule has 6 nitrogen and oxygen atoms in total. The fourth-order valence-corrected chi connectivity index (χ4v) is 4.71. The fraction of sp³-hybridized carbons (Fsp3) is 0.250. The van der Waals surface area contributed by atoms with Crippen molar-refractivity contribution in [2.45, 2.75) is 32.7 Å². The molecule has 2 amide bonds. The zero-order chi connectivity index (χ0) is 21.2. The molecule has 30 heavy (non-hydrogen) atoms. The Labute approximate surface area is 174 Å². The molecule has 152 valence electrons. The van der Waals surface area contributed by atoms with Crippen LogP contribution >= 0.6 is 0 Å². The van der Waals surface area contributed by atoms with Gasteiger partial charge in [-0.2, -0.15) is 0 Å². The van der Waals surface area contributed by atoms with Gasteiger partial charge in [-0.05, 0) is 49.2 Å². The SMILES string of the molecule is CC(=O)N1CC2=C(C1=O)C(c1cccc(O)c1)c1cn(C(C)C)c3cccc(c13)N2. The summed E-state index contributed by atoms with van der Waals surface area (Å²) >= 11 is 0. The van der Waals surface area contributed by atoms with Crippen LogP contribution < -0.4 is 5.32 Å². The summed E-state index contributed by atoms with van der Waals surface area (Å²) in [5, 5.41) is 14.7. The van der Waals surface area contributed by atoms with Crippen molar-refractivity contribution in [2.75, 3.05) is 11.9 Å². The molecule has 2 aliphatic heterocycles. The molecule has 0 spiro atoms. The molecule has 0 bridgehead atoms. The minimum Gasteiger partial charge on any atom is -0.508 e. The molecule has 2 N–H and O–H groups in total. The van der Waals surface area contributed by atoms with Gasteiger partial charge in [0.05, 0.1) is 17.6 Å². The van der Waals surface area contributed by atoms with Crippen molar-refractivity contribution in [3.8, 4) is 5.75 Å².